The number of aromatic nitrogens is 2. The number of piperazine rings is 1. The molecule has 1 saturated heterocycles. The lowest BCUT2D eigenvalue weighted by Crippen LogP contribution is -2.44. The molecule has 136 valence electrons. The van der Waals surface area contributed by atoms with Gasteiger partial charge in [0.2, 0.25) is 5.95 Å². The van der Waals surface area contributed by atoms with Crippen LogP contribution in [0, 0.1) is 0 Å². The highest BCUT2D eigenvalue weighted by Crippen LogP contribution is 2.31. The van der Waals surface area contributed by atoms with E-state index < -0.39 is 0 Å². The van der Waals surface area contributed by atoms with Gasteiger partial charge in [-0.05, 0) is 26.0 Å². The standard InChI is InChI=1S/C20H31N5/c1-23-12-14-24(15-13-23)19-9-5-6-17(16-19)22-20-21-10-11-25(20)18-7-3-2-4-8-18/h5-6,9-11,17-18H,2-4,7-8,12-16H2,1H3,(H,21,22). The molecule has 25 heavy (non-hydrogen) atoms. The van der Waals surface area contributed by atoms with Crippen molar-refractivity contribution >= 4 is 5.95 Å². The molecule has 1 unspecified atom stereocenters. The van der Waals surface area contributed by atoms with Crippen LogP contribution in [-0.4, -0.2) is 58.6 Å². The molecule has 2 aliphatic carbocycles. The summed E-state index contributed by atoms with van der Waals surface area (Å²) in [7, 11) is 2.21. The van der Waals surface area contributed by atoms with Gasteiger partial charge in [0.05, 0.1) is 6.04 Å². The highest BCUT2D eigenvalue weighted by atomic mass is 15.3. The molecule has 4 rings (SSSR count). The Hall–Kier alpha value is -1.75. The Morgan fingerprint density at radius 2 is 1.88 bits per heavy atom. The zero-order valence-corrected chi connectivity index (χ0v) is 15.4. The monoisotopic (exact) mass is 341 g/mol. The fraction of sp³-hybridized carbons (Fsp3) is 0.650. The van der Waals surface area contributed by atoms with E-state index in [1.165, 1.54) is 37.8 Å². The van der Waals surface area contributed by atoms with Crippen LogP contribution in [0.1, 0.15) is 44.6 Å². The van der Waals surface area contributed by atoms with Crippen molar-refractivity contribution in [2.75, 3.05) is 38.5 Å². The Labute approximate surface area is 151 Å². The second-order valence-corrected chi connectivity index (χ2v) is 7.74. The van der Waals surface area contributed by atoms with Crippen molar-refractivity contribution in [3.05, 3.63) is 36.3 Å². The van der Waals surface area contributed by atoms with Crippen molar-refractivity contribution < 1.29 is 0 Å². The number of anilines is 1. The summed E-state index contributed by atoms with van der Waals surface area (Å²) in [6.45, 7) is 4.59. The molecular weight excluding hydrogens is 310 g/mol. The van der Waals surface area contributed by atoms with Crippen LogP contribution in [-0.2, 0) is 0 Å². The van der Waals surface area contributed by atoms with Crippen LogP contribution in [0.3, 0.4) is 0 Å². The molecule has 0 amide bonds. The van der Waals surface area contributed by atoms with Crippen LogP contribution in [0.5, 0.6) is 0 Å². The first-order valence-electron chi connectivity index (χ1n) is 9.90. The summed E-state index contributed by atoms with van der Waals surface area (Å²) in [5, 5.41) is 3.69. The molecule has 1 aliphatic heterocycles. The molecule has 0 aromatic carbocycles. The predicted octanol–water partition coefficient (Wildman–Crippen LogP) is 3.26. The second-order valence-electron chi connectivity index (χ2n) is 7.74. The van der Waals surface area contributed by atoms with E-state index in [-0.39, 0.29) is 0 Å². The third kappa shape index (κ3) is 3.92. The number of nitrogens with zero attached hydrogens (tertiary/aromatic N) is 4. The Kier molecular flexibility index (Phi) is 5.11. The molecule has 1 aromatic rings. The Bertz CT molecular complexity index is 618. The predicted molar refractivity (Wildman–Crippen MR) is 103 cm³/mol. The maximum absolute atomic E-state index is 4.61. The molecule has 3 aliphatic rings. The third-order valence-corrected chi connectivity index (χ3v) is 5.92. The molecule has 1 N–H and O–H groups in total. The van der Waals surface area contributed by atoms with Gasteiger partial charge in [-0.15, -0.1) is 0 Å². The van der Waals surface area contributed by atoms with E-state index in [4.69, 9.17) is 0 Å². The fourth-order valence-corrected chi connectivity index (χ4v) is 4.33. The maximum atomic E-state index is 4.61. The summed E-state index contributed by atoms with van der Waals surface area (Å²) in [5.41, 5.74) is 1.46. The number of likely N-dealkylation sites (N-methyl/N-ethyl adjacent to an activating group) is 1. The van der Waals surface area contributed by atoms with E-state index in [1.807, 2.05) is 6.20 Å². The van der Waals surface area contributed by atoms with Gasteiger partial charge in [-0.1, -0.05) is 31.4 Å². The SMILES string of the molecule is CN1CCN(C2=CC=CC(Nc3nccn3C3CCCCC3)C2)CC1. The lowest BCUT2D eigenvalue weighted by atomic mass is 9.95. The topological polar surface area (TPSA) is 36.3 Å². The molecule has 1 saturated carbocycles. The first-order valence-corrected chi connectivity index (χ1v) is 9.90. The smallest absolute Gasteiger partial charge is 0.203 e. The molecule has 5 heteroatoms. The first-order chi connectivity index (χ1) is 12.3. The lowest BCUT2D eigenvalue weighted by molar-refractivity contribution is 0.181. The number of imidazole rings is 1. The maximum Gasteiger partial charge on any atom is 0.203 e. The number of allylic oxidation sites excluding steroid dienone is 2. The zero-order chi connectivity index (χ0) is 17.1. The van der Waals surface area contributed by atoms with Crippen molar-refractivity contribution in [1.29, 1.82) is 0 Å². The number of hydrogen-bond donors (Lipinski definition) is 1. The Morgan fingerprint density at radius 1 is 1.08 bits per heavy atom. The zero-order valence-electron chi connectivity index (χ0n) is 15.4. The van der Waals surface area contributed by atoms with E-state index in [0.717, 1.165) is 38.5 Å². The van der Waals surface area contributed by atoms with Crippen LogP contribution in [0.25, 0.3) is 0 Å². The van der Waals surface area contributed by atoms with E-state index in [1.54, 1.807) is 0 Å². The van der Waals surface area contributed by atoms with Crippen molar-refractivity contribution in [2.24, 2.45) is 0 Å². The van der Waals surface area contributed by atoms with Gasteiger partial charge in [-0.2, -0.15) is 0 Å². The Morgan fingerprint density at radius 3 is 2.68 bits per heavy atom. The van der Waals surface area contributed by atoms with Gasteiger partial charge < -0.3 is 19.7 Å². The van der Waals surface area contributed by atoms with E-state index in [9.17, 15) is 0 Å². The summed E-state index contributed by atoms with van der Waals surface area (Å²) in [6, 6.07) is 0.961. The fourth-order valence-electron chi connectivity index (χ4n) is 4.33. The average molecular weight is 342 g/mol. The van der Waals surface area contributed by atoms with Crippen molar-refractivity contribution in [2.45, 2.75) is 50.6 Å². The molecular formula is C20H31N5. The number of hydrogen-bond acceptors (Lipinski definition) is 4. The average Bonchev–Trinajstić information content (AvgIpc) is 3.11. The van der Waals surface area contributed by atoms with Gasteiger partial charge in [0.25, 0.3) is 0 Å². The van der Waals surface area contributed by atoms with E-state index >= 15 is 0 Å². The van der Waals surface area contributed by atoms with Gasteiger partial charge in [0.15, 0.2) is 0 Å². The minimum absolute atomic E-state index is 0.337. The molecule has 5 nitrogen and oxygen atoms in total. The second kappa shape index (κ2) is 7.65. The molecule has 1 aromatic heterocycles. The van der Waals surface area contributed by atoms with Gasteiger partial charge in [-0.25, -0.2) is 4.98 Å². The van der Waals surface area contributed by atoms with E-state index in [0.29, 0.717) is 12.1 Å². The molecule has 0 spiro atoms. The van der Waals surface area contributed by atoms with E-state index in [2.05, 4.69) is 56.1 Å². The summed E-state index contributed by atoms with van der Waals surface area (Å²) in [5.74, 6) is 1.04. The van der Waals surface area contributed by atoms with Crippen LogP contribution in [0.15, 0.2) is 36.3 Å². The molecule has 2 heterocycles. The molecule has 1 atom stereocenters. The van der Waals surface area contributed by atoms with Crippen molar-refractivity contribution in [3.63, 3.8) is 0 Å². The first kappa shape index (κ1) is 16.7. The molecule has 2 fully saturated rings. The van der Waals surface area contributed by atoms with Crippen LogP contribution in [0.2, 0.25) is 0 Å². The van der Waals surface area contributed by atoms with Gasteiger partial charge in [0, 0.05) is 56.7 Å². The lowest BCUT2D eigenvalue weighted by Gasteiger charge is -2.37. The summed E-state index contributed by atoms with van der Waals surface area (Å²) < 4.78 is 2.38. The molecule has 0 radical (unpaired) electrons. The summed E-state index contributed by atoms with van der Waals surface area (Å²) >= 11 is 0. The van der Waals surface area contributed by atoms with Crippen molar-refractivity contribution in [3.8, 4) is 0 Å². The molecule has 0 bridgehead atoms. The highest BCUT2D eigenvalue weighted by molar-refractivity contribution is 5.34. The number of nitrogens with one attached hydrogen (secondary N) is 1. The van der Waals surface area contributed by atoms with Crippen LogP contribution < -0.4 is 5.32 Å². The van der Waals surface area contributed by atoms with Gasteiger partial charge in [0.1, 0.15) is 0 Å². The normalized spacial score (nSPS) is 25.9. The van der Waals surface area contributed by atoms with Crippen LogP contribution >= 0.6 is 0 Å². The minimum Gasteiger partial charge on any atom is -0.372 e. The largest absolute Gasteiger partial charge is 0.372 e. The highest BCUT2D eigenvalue weighted by Gasteiger charge is 2.22. The minimum atomic E-state index is 0.337. The third-order valence-electron chi connectivity index (χ3n) is 5.92. The Balaban J connectivity index is 1.38. The van der Waals surface area contributed by atoms with Crippen molar-refractivity contribution in [1.82, 2.24) is 19.4 Å². The van der Waals surface area contributed by atoms with Crippen LogP contribution in [0.4, 0.5) is 5.95 Å². The number of rotatable bonds is 4. The summed E-state index contributed by atoms with van der Waals surface area (Å²) in [6.07, 6.45) is 18.6. The summed E-state index contributed by atoms with van der Waals surface area (Å²) in [4.78, 5) is 9.57. The van der Waals surface area contributed by atoms with Gasteiger partial charge >= 0.3 is 0 Å². The quantitative estimate of drug-likeness (QED) is 0.912. The van der Waals surface area contributed by atoms with Gasteiger partial charge in [-0.3, -0.25) is 0 Å².